The van der Waals surface area contributed by atoms with Crippen molar-refractivity contribution >= 4 is 0 Å². The molecule has 2 rings (SSSR count). The highest BCUT2D eigenvalue weighted by Crippen LogP contribution is 2.30. The van der Waals surface area contributed by atoms with Gasteiger partial charge in [-0.1, -0.05) is 0 Å². The monoisotopic (exact) mass is 211 g/mol. The standard InChI is InChI=1S/C12H25N3/c1-10-7-12(9-13,5-6-15(10)2)14-8-11-3-4-11/h10-11,14H,3-9,13H2,1-2H3. The lowest BCUT2D eigenvalue weighted by Gasteiger charge is -2.44. The fourth-order valence-corrected chi connectivity index (χ4v) is 2.54. The molecule has 3 heteroatoms. The molecule has 0 aromatic heterocycles. The van der Waals surface area contributed by atoms with Crippen LogP contribution in [0.15, 0.2) is 0 Å². The van der Waals surface area contributed by atoms with Crippen LogP contribution in [-0.2, 0) is 0 Å². The highest BCUT2D eigenvalue weighted by molar-refractivity contribution is 4.97. The zero-order chi connectivity index (χ0) is 10.9. The molecular weight excluding hydrogens is 186 g/mol. The second kappa shape index (κ2) is 4.40. The first kappa shape index (κ1) is 11.4. The first-order valence-electron chi connectivity index (χ1n) is 6.30. The summed E-state index contributed by atoms with van der Waals surface area (Å²) in [5.41, 5.74) is 6.20. The molecule has 1 saturated heterocycles. The Balaban J connectivity index is 1.88. The van der Waals surface area contributed by atoms with Crippen LogP contribution in [0, 0.1) is 5.92 Å². The summed E-state index contributed by atoms with van der Waals surface area (Å²) in [5.74, 6) is 0.948. The summed E-state index contributed by atoms with van der Waals surface area (Å²) in [7, 11) is 2.21. The summed E-state index contributed by atoms with van der Waals surface area (Å²) < 4.78 is 0. The molecule has 1 saturated carbocycles. The van der Waals surface area contributed by atoms with Crippen LogP contribution in [0.2, 0.25) is 0 Å². The van der Waals surface area contributed by atoms with Crippen LogP contribution in [0.5, 0.6) is 0 Å². The van der Waals surface area contributed by atoms with Gasteiger partial charge in [-0.25, -0.2) is 0 Å². The van der Waals surface area contributed by atoms with Gasteiger partial charge < -0.3 is 16.0 Å². The van der Waals surface area contributed by atoms with E-state index in [1.807, 2.05) is 0 Å². The summed E-state index contributed by atoms with van der Waals surface area (Å²) in [4.78, 5) is 2.44. The molecule has 3 nitrogen and oxygen atoms in total. The molecule has 0 aromatic carbocycles. The van der Waals surface area contributed by atoms with Crippen molar-refractivity contribution in [3.8, 4) is 0 Å². The Morgan fingerprint density at radius 3 is 2.73 bits per heavy atom. The average molecular weight is 211 g/mol. The van der Waals surface area contributed by atoms with Crippen LogP contribution in [0.4, 0.5) is 0 Å². The predicted octanol–water partition coefficient (Wildman–Crippen LogP) is 0.798. The lowest BCUT2D eigenvalue weighted by Crippen LogP contribution is -2.59. The molecule has 0 radical (unpaired) electrons. The molecule has 0 aromatic rings. The summed E-state index contributed by atoms with van der Waals surface area (Å²) in [6.45, 7) is 5.46. The second-order valence-electron chi connectivity index (χ2n) is 5.59. The molecule has 2 atom stereocenters. The van der Waals surface area contributed by atoms with E-state index in [9.17, 15) is 0 Å². The van der Waals surface area contributed by atoms with E-state index < -0.39 is 0 Å². The minimum Gasteiger partial charge on any atom is -0.329 e. The molecule has 3 N–H and O–H groups in total. The van der Waals surface area contributed by atoms with Crippen molar-refractivity contribution in [3.05, 3.63) is 0 Å². The number of likely N-dealkylation sites (tertiary alicyclic amines) is 1. The third kappa shape index (κ3) is 2.71. The fourth-order valence-electron chi connectivity index (χ4n) is 2.54. The predicted molar refractivity (Wildman–Crippen MR) is 63.8 cm³/mol. The Bertz CT molecular complexity index is 215. The summed E-state index contributed by atoms with van der Waals surface area (Å²) >= 11 is 0. The Hall–Kier alpha value is -0.120. The lowest BCUT2D eigenvalue weighted by molar-refractivity contribution is 0.111. The van der Waals surface area contributed by atoms with Crippen molar-refractivity contribution in [2.45, 2.75) is 44.2 Å². The Kier molecular flexibility index (Phi) is 3.33. The van der Waals surface area contributed by atoms with Crippen LogP contribution in [-0.4, -0.2) is 43.2 Å². The smallest absolute Gasteiger partial charge is 0.0331 e. The van der Waals surface area contributed by atoms with Crippen LogP contribution >= 0.6 is 0 Å². The molecule has 2 aliphatic rings. The number of piperidine rings is 1. The van der Waals surface area contributed by atoms with Gasteiger partial charge in [-0.2, -0.15) is 0 Å². The van der Waals surface area contributed by atoms with Gasteiger partial charge in [0, 0.05) is 18.1 Å². The quantitative estimate of drug-likeness (QED) is 0.722. The maximum atomic E-state index is 5.97. The minimum atomic E-state index is 0.231. The van der Waals surface area contributed by atoms with E-state index in [0.29, 0.717) is 6.04 Å². The van der Waals surface area contributed by atoms with E-state index >= 15 is 0 Å². The van der Waals surface area contributed by atoms with Crippen molar-refractivity contribution in [2.75, 3.05) is 26.7 Å². The number of hydrogen-bond donors (Lipinski definition) is 2. The molecule has 2 fully saturated rings. The molecule has 88 valence electrons. The van der Waals surface area contributed by atoms with Crippen LogP contribution in [0.25, 0.3) is 0 Å². The molecule has 0 bridgehead atoms. The third-order valence-electron chi connectivity index (χ3n) is 4.24. The Labute approximate surface area is 93.4 Å². The lowest BCUT2D eigenvalue weighted by atomic mass is 9.83. The number of hydrogen-bond acceptors (Lipinski definition) is 3. The molecule has 0 amide bonds. The molecule has 0 spiro atoms. The first-order valence-corrected chi connectivity index (χ1v) is 6.30. The maximum Gasteiger partial charge on any atom is 0.0331 e. The highest BCUT2D eigenvalue weighted by atomic mass is 15.2. The normalized spacial score (nSPS) is 38.2. The molecule has 2 unspecified atom stereocenters. The second-order valence-corrected chi connectivity index (χ2v) is 5.59. The van der Waals surface area contributed by atoms with Crippen molar-refractivity contribution in [1.82, 2.24) is 10.2 Å². The maximum absolute atomic E-state index is 5.97. The van der Waals surface area contributed by atoms with Gasteiger partial charge in [0.1, 0.15) is 0 Å². The van der Waals surface area contributed by atoms with Gasteiger partial charge in [0.25, 0.3) is 0 Å². The summed E-state index contributed by atoms with van der Waals surface area (Å²) in [6, 6.07) is 0.661. The van der Waals surface area contributed by atoms with E-state index in [1.165, 1.54) is 38.8 Å². The van der Waals surface area contributed by atoms with Crippen molar-refractivity contribution in [1.29, 1.82) is 0 Å². The van der Waals surface area contributed by atoms with Crippen molar-refractivity contribution in [2.24, 2.45) is 11.7 Å². The first-order chi connectivity index (χ1) is 7.15. The minimum absolute atomic E-state index is 0.231. The van der Waals surface area contributed by atoms with E-state index in [2.05, 4.69) is 24.2 Å². The number of nitrogens with one attached hydrogen (secondary N) is 1. The van der Waals surface area contributed by atoms with Gasteiger partial charge in [-0.05, 0) is 58.7 Å². The fraction of sp³-hybridized carbons (Fsp3) is 1.00. The molecule has 1 aliphatic heterocycles. The third-order valence-corrected chi connectivity index (χ3v) is 4.24. The van der Waals surface area contributed by atoms with Crippen molar-refractivity contribution in [3.63, 3.8) is 0 Å². The Morgan fingerprint density at radius 1 is 1.47 bits per heavy atom. The van der Waals surface area contributed by atoms with E-state index in [4.69, 9.17) is 5.73 Å². The SMILES string of the molecule is CC1CC(CN)(NCC2CC2)CCN1C. The van der Waals surface area contributed by atoms with Gasteiger partial charge in [0.05, 0.1) is 0 Å². The van der Waals surface area contributed by atoms with Gasteiger partial charge in [-0.15, -0.1) is 0 Å². The summed E-state index contributed by atoms with van der Waals surface area (Å²) in [6.07, 6.45) is 5.25. The molecule has 1 heterocycles. The van der Waals surface area contributed by atoms with Crippen LogP contribution < -0.4 is 11.1 Å². The van der Waals surface area contributed by atoms with Crippen molar-refractivity contribution < 1.29 is 0 Å². The topological polar surface area (TPSA) is 41.3 Å². The van der Waals surface area contributed by atoms with Crippen LogP contribution in [0.3, 0.4) is 0 Å². The van der Waals surface area contributed by atoms with E-state index in [1.54, 1.807) is 0 Å². The molecule has 15 heavy (non-hydrogen) atoms. The summed E-state index contributed by atoms with van der Waals surface area (Å²) in [5, 5.41) is 3.75. The van der Waals surface area contributed by atoms with E-state index in [-0.39, 0.29) is 5.54 Å². The zero-order valence-corrected chi connectivity index (χ0v) is 10.1. The van der Waals surface area contributed by atoms with Gasteiger partial charge >= 0.3 is 0 Å². The molecular formula is C12H25N3. The number of nitrogens with two attached hydrogens (primary N) is 1. The Morgan fingerprint density at radius 2 is 2.20 bits per heavy atom. The van der Waals surface area contributed by atoms with Crippen LogP contribution in [0.1, 0.15) is 32.6 Å². The number of nitrogens with zero attached hydrogens (tertiary/aromatic N) is 1. The van der Waals surface area contributed by atoms with Gasteiger partial charge in [-0.3, -0.25) is 0 Å². The number of rotatable bonds is 4. The highest BCUT2D eigenvalue weighted by Gasteiger charge is 2.36. The largest absolute Gasteiger partial charge is 0.329 e. The zero-order valence-electron chi connectivity index (χ0n) is 10.1. The molecule has 1 aliphatic carbocycles. The van der Waals surface area contributed by atoms with Gasteiger partial charge in [0.15, 0.2) is 0 Å². The van der Waals surface area contributed by atoms with E-state index in [0.717, 1.165) is 12.5 Å². The van der Waals surface area contributed by atoms with Gasteiger partial charge in [0.2, 0.25) is 0 Å². The average Bonchev–Trinajstić information content (AvgIpc) is 3.04.